The van der Waals surface area contributed by atoms with Crippen molar-refractivity contribution in [3.8, 4) is 0 Å². The van der Waals surface area contributed by atoms with Gasteiger partial charge in [0.05, 0.1) is 5.54 Å². The Labute approximate surface area is 110 Å². The van der Waals surface area contributed by atoms with Crippen molar-refractivity contribution in [2.24, 2.45) is 17.6 Å². The van der Waals surface area contributed by atoms with Crippen molar-refractivity contribution in [1.82, 2.24) is 0 Å². The van der Waals surface area contributed by atoms with Crippen LogP contribution in [0.3, 0.4) is 0 Å². The van der Waals surface area contributed by atoms with Gasteiger partial charge in [0.2, 0.25) is 0 Å². The van der Waals surface area contributed by atoms with Crippen LogP contribution in [-0.4, -0.2) is 19.1 Å². The molecule has 2 saturated carbocycles. The second-order valence-electron chi connectivity index (χ2n) is 6.28. The Morgan fingerprint density at radius 1 is 1.28 bits per heavy atom. The smallest absolute Gasteiger partial charge is 0.0551 e. The van der Waals surface area contributed by atoms with Crippen LogP contribution < -0.4 is 10.6 Å². The highest BCUT2D eigenvalue weighted by Gasteiger charge is 2.52. The van der Waals surface area contributed by atoms with Crippen LogP contribution in [0, 0.1) is 18.8 Å². The fourth-order valence-electron chi connectivity index (χ4n) is 4.24. The van der Waals surface area contributed by atoms with Crippen molar-refractivity contribution in [1.29, 1.82) is 0 Å². The van der Waals surface area contributed by atoms with E-state index in [2.05, 4.69) is 43.1 Å². The summed E-state index contributed by atoms with van der Waals surface area (Å²) in [6.07, 6.45) is 5.48. The molecule has 3 unspecified atom stereocenters. The van der Waals surface area contributed by atoms with Crippen molar-refractivity contribution in [3.63, 3.8) is 0 Å². The minimum atomic E-state index is 0.220. The van der Waals surface area contributed by atoms with Crippen molar-refractivity contribution in [2.45, 2.75) is 38.1 Å². The standard InChI is InChI=1S/C16H24N2/c1-12-3-7-15(8-4-12)18(2)16(11-17)10-13-5-6-14(16)9-13/h3-4,7-8,13-14H,5-6,9-11,17H2,1-2H3. The molecular formula is C16H24N2. The van der Waals surface area contributed by atoms with Crippen LogP contribution in [0.2, 0.25) is 0 Å². The average molecular weight is 244 g/mol. The van der Waals surface area contributed by atoms with Gasteiger partial charge in [0.1, 0.15) is 0 Å². The first-order chi connectivity index (χ1) is 8.65. The molecule has 1 aromatic rings. The Hall–Kier alpha value is -1.02. The zero-order valence-electron chi connectivity index (χ0n) is 11.5. The van der Waals surface area contributed by atoms with E-state index in [1.807, 2.05) is 0 Å². The van der Waals surface area contributed by atoms with Gasteiger partial charge < -0.3 is 10.6 Å². The van der Waals surface area contributed by atoms with E-state index in [0.29, 0.717) is 0 Å². The van der Waals surface area contributed by atoms with E-state index in [1.165, 1.54) is 36.9 Å². The minimum absolute atomic E-state index is 0.220. The van der Waals surface area contributed by atoms with Crippen LogP contribution in [0.5, 0.6) is 0 Å². The molecule has 0 saturated heterocycles. The average Bonchev–Trinajstić information content (AvgIpc) is 2.99. The lowest BCUT2D eigenvalue weighted by Crippen LogP contribution is -2.56. The molecule has 0 heterocycles. The maximum absolute atomic E-state index is 6.18. The predicted octanol–water partition coefficient (Wildman–Crippen LogP) is 2.95. The Kier molecular flexibility index (Phi) is 2.86. The van der Waals surface area contributed by atoms with E-state index in [0.717, 1.165) is 18.4 Å². The van der Waals surface area contributed by atoms with Gasteiger partial charge in [0, 0.05) is 19.3 Å². The number of nitrogens with two attached hydrogens (primary N) is 1. The lowest BCUT2D eigenvalue weighted by Gasteiger charge is -2.46. The van der Waals surface area contributed by atoms with E-state index >= 15 is 0 Å². The molecule has 98 valence electrons. The number of anilines is 1. The monoisotopic (exact) mass is 244 g/mol. The molecule has 2 aliphatic carbocycles. The first-order valence-corrected chi connectivity index (χ1v) is 7.16. The van der Waals surface area contributed by atoms with Gasteiger partial charge in [-0.2, -0.15) is 0 Å². The Morgan fingerprint density at radius 2 is 2.00 bits per heavy atom. The van der Waals surface area contributed by atoms with Crippen LogP contribution in [0.1, 0.15) is 31.2 Å². The molecule has 0 radical (unpaired) electrons. The highest BCUT2D eigenvalue weighted by atomic mass is 15.2. The highest BCUT2D eigenvalue weighted by molar-refractivity contribution is 5.50. The molecular weight excluding hydrogens is 220 g/mol. The summed E-state index contributed by atoms with van der Waals surface area (Å²) < 4.78 is 0. The lowest BCUT2D eigenvalue weighted by molar-refractivity contribution is 0.267. The summed E-state index contributed by atoms with van der Waals surface area (Å²) in [4.78, 5) is 2.47. The van der Waals surface area contributed by atoms with E-state index in [1.54, 1.807) is 0 Å². The molecule has 2 bridgehead atoms. The molecule has 2 nitrogen and oxygen atoms in total. The maximum Gasteiger partial charge on any atom is 0.0551 e. The van der Waals surface area contributed by atoms with Gasteiger partial charge in [-0.15, -0.1) is 0 Å². The van der Waals surface area contributed by atoms with Crippen LogP contribution in [-0.2, 0) is 0 Å². The minimum Gasteiger partial charge on any atom is -0.367 e. The van der Waals surface area contributed by atoms with Gasteiger partial charge in [0.25, 0.3) is 0 Å². The molecule has 0 aromatic heterocycles. The third-order valence-corrected chi connectivity index (χ3v) is 5.39. The summed E-state index contributed by atoms with van der Waals surface area (Å²) in [5.74, 6) is 1.73. The molecule has 18 heavy (non-hydrogen) atoms. The van der Waals surface area contributed by atoms with Crippen molar-refractivity contribution in [2.75, 3.05) is 18.5 Å². The van der Waals surface area contributed by atoms with Gasteiger partial charge in [-0.25, -0.2) is 0 Å². The molecule has 1 aromatic carbocycles. The molecule has 2 fully saturated rings. The largest absolute Gasteiger partial charge is 0.367 e. The van der Waals surface area contributed by atoms with Gasteiger partial charge >= 0.3 is 0 Å². The SMILES string of the molecule is Cc1ccc(N(C)C2(CN)CC3CCC2C3)cc1. The molecule has 0 aliphatic heterocycles. The second kappa shape index (κ2) is 4.27. The normalized spacial score (nSPS) is 33.9. The fourth-order valence-corrected chi connectivity index (χ4v) is 4.24. The van der Waals surface area contributed by atoms with E-state index < -0.39 is 0 Å². The van der Waals surface area contributed by atoms with Crippen molar-refractivity contribution < 1.29 is 0 Å². The molecule has 0 amide bonds. The maximum atomic E-state index is 6.18. The fraction of sp³-hybridized carbons (Fsp3) is 0.625. The summed E-state index contributed by atoms with van der Waals surface area (Å²) >= 11 is 0. The Balaban J connectivity index is 1.90. The summed E-state index contributed by atoms with van der Waals surface area (Å²) in [6.45, 7) is 2.93. The number of likely N-dealkylation sites (N-methyl/N-ethyl adjacent to an activating group) is 1. The number of aryl methyl sites for hydroxylation is 1. The summed E-state index contributed by atoms with van der Waals surface area (Å²) in [5, 5.41) is 0. The molecule has 2 N–H and O–H groups in total. The lowest BCUT2D eigenvalue weighted by atomic mass is 9.79. The number of hydrogen-bond acceptors (Lipinski definition) is 2. The molecule has 2 heteroatoms. The van der Waals surface area contributed by atoms with E-state index in [4.69, 9.17) is 5.73 Å². The number of rotatable bonds is 3. The van der Waals surface area contributed by atoms with Crippen LogP contribution >= 0.6 is 0 Å². The Morgan fingerprint density at radius 3 is 2.50 bits per heavy atom. The molecule has 3 atom stereocenters. The number of benzene rings is 1. The predicted molar refractivity (Wildman–Crippen MR) is 76.8 cm³/mol. The van der Waals surface area contributed by atoms with E-state index in [9.17, 15) is 0 Å². The zero-order chi connectivity index (χ0) is 12.8. The number of fused-ring (bicyclic) bond motifs is 2. The highest BCUT2D eigenvalue weighted by Crippen LogP contribution is 2.53. The van der Waals surface area contributed by atoms with Crippen LogP contribution in [0.4, 0.5) is 5.69 Å². The quantitative estimate of drug-likeness (QED) is 0.885. The first kappa shape index (κ1) is 12.0. The summed E-state index contributed by atoms with van der Waals surface area (Å²) in [7, 11) is 2.23. The zero-order valence-corrected chi connectivity index (χ0v) is 11.5. The first-order valence-electron chi connectivity index (χ1n) is 7.16. The van der Waals surface area contributed by atoms with Gasteiger partial charge in [-0.3, -0.25) is 0 Å². The molecule has 3 rings (SSSR count). The number of hydrogen-bond donors (Lipinski definition) is 1. The Bertz CT molecular complexity index is 425. The molecule has 2 aliphatic rings. The number of nitrogens with zero attached hydrogens (tertiary/aromatic N) is 1. The van der Waals surface area contributed by atoms with Gasteiger partial charge in [0.15, 0.2) is 0 Å². The summed E-state index contributed by atoms with van der Waals surface area (Å²) in [6, 6.07) is 8.87. The topological polar surface area (TPSA) is 29.3 Å². The third kappa shape index (κ3) is 1.66. The van der Waals surface area contributed by atoms with Crippen LogP contribution in [0.25, 0.3) is 0 Å². The van der Waals surface area contributed by atoms with Crippen molar-refractivity contribution in [3.05, 3.63) is 29.8 Å². The van der Waals surface area contributed by atoms with Crippen molar-refractivity contribution >= 4 is 5.69 Å². The van der Waals surface area contributed by atoms with Gasteiger partial charge in [-0.05, 0) is 56.6 Å². The molecule has 0 spiro atoms. The van der Waals surface area contributed by atoms with Crippen LogP contribution in [0.15, 0.2) is 24.3 Å². The summed E-state index contributed by atoms with van der Waals surface area (Å²) in [5.41, 5.74) is 9.04. The van der Waals surface area contributed by atoms with E-state index in [-0.39, 0.29) is 5.54 Å². The van der Waals surface area contributed by atoms with Gasteiger partial charge in [-0.1, -0.05) is 17.7 Å². The second-order valence-corrected chi connectivity index (χ2v) is 6.28. The third-order valence-electron chi connectivity index (χ3n) is 5.39.